The number of nitrogens with two attached hydrogens (primary N) is 1. The third-order valence-corrected chi connectivity index (χ3v) is 2.72. The number of pyridine rings is 1. The second-order valence-corrected chi connectivity index (χ2v) is 3.67. The summed E-state index contributed by atoms with van der Waals surface area (Å²) in [6.07, 6.45) is 4.37. The quantitative estimate of drug-likeness (QED) is 0.811. The summed E-state index contributed by atoms with van der Waals surface area (Å²) in [4.78, 5) is 3.94. The van der Waals surface area contributed by atoms with E-state index in [0.717, 1.165) is 12.0 Å². The summed E-state index contributed by atoms with van der Waals surface area (Å²) in [5, 5.41) is 0.707. The Labute approximate surface area is 84.1 Å². The van der Waals surface area contributed by atoms with Crippen LogP contribution in [-0.2, 0) is 0 Å². The number of nitrogens with zero attached hydrogens (tertiary/aromatic N) is 1. The SMILES string of the molecule is CCC(N)C(C)c1ccncc1Cl. The van der Waals surface area contributed by atoms with Crippen LogP contribution in [0.2, 0.25) is 5.02 Å². The molecule has 0 saturated carbocycles. The van der Waals surface area contributed by atoms with Crippen molar-refractivity contribution in [1.29, 1.82) is 0 Å². The summed E-state index contributed by atoms with van der Waals surface area (Å²) >= 11 is 6.00. The number of hydrogen-bond donors (Lipinski definition) is 1. The fraction of sp³-hybridized carbons (Fsp3) is 0.500. The van der Waals surface area contributed by atoms with E-state index in [9.17, 15) is 0 Å². The molecule has 72 valence electrons. The van der Waals surface area contributed by atoms with Gasteiger partial charge in [-0.25, -0.2) is 0 Å². The highest BCUT2D eigenvalue weighted by molar-refractivity contribution is 6.31. The molecule has 1 aromatic heterocycles. The van der Waals surface area contributed by atoms with Crippen LogP contribution >= 0.6 is 11.6 Å². The lowest BCUT2D eigenvalue weighted by molar-refractivity contribution is 0.551. The van der Waals surface area contributed by atoms with E-state index in [4.69, 9.17) is 17.3 Å². The second-order valence-electron chi connectivity index (χ2n) is 3.26. The minimum Gasteiger partial charge on any atom is -0.327 e. The van der Waals surface area contributed by atoms with Gasteiger partial charge in [-0.2, -0.15) is 0 Å². The van der Waals surface area contributed by atoms with Crippen molar-refractivity contribution in [1.82, 2.24) is 4.98 Å². The Morgan fingerprint density at radius 3 is 2.85 bits per heavy atom. The molecule has 1 rings (SSSR count). The van der Waals surface area contributed by atoms with Crippen molar-refractivity contribution in [3.8, 4) is 0 Å². The first-order valence-electron chi connectivity index (χ1n) is 4.51. The lowest BCUT2D eigenvalue weighted by Gasteiger charge is -2.19. The maximum atomic E-state index is 6.00. The van der Waals surface area contributed by atoms with E-state index < -0.39 is 0 Å². The zero-order chi connectivity index (χ0) is 9.84. The van der Waals surface area contributed by atoms with Gasteiger partial charge in [-0.05, 0) is 24.0 Å². The monoisotopic (exact) mass is 198 g/mol. The molecule has 0 aliphatic rings. The molecule has 1 heterocycles. The Morgan fingerprint density at radius 1 is 1.62 bits per heavy atom. The van der Waals surface area contributed by atoms with Crippen molar-refractivity contribution in [2.24, 2.45) is 5.73 Å². The van der Waals surface area contributed by atoms with Crippen LogP contribution in [0.5, 0.6) is 0 Å². The molecule has 0 radical (unpaired) electrons. The molecule has 0 bridgehead atoms. The van der Waals surface area contributed by atoms with Gasteiger partial charge >= 0.3 is 0 Å². The van der Waals surface area contributed by atoms with Gasteiger partial charge in [0.05, 0.1) is 5.02 Å². The summed E-state index contributed by atoms with van der Waals surface area (Å²) in [5.41, 5.74) is 7.03. The van der Waals surface area contributed by atoms with Crippen molar-refractivity contribution in [3.63, 3.8) is 0 Å². The Bertz CT molecular complexity index is 275. The molecule has 1 aromatic rings. The summed E-state index contributed by atoms with van der Waals surface area (Å²) in [6.45, 7) is 4.17. The molecule has 3 heteroatoms. The zero-order valence-corrected chi connectivity index (χ0v) is 8.75. The first-order valence-corrected chi connectivity index (χ1v) is 4.89. The molecule has 13 heavy (non-hydrogen) atoms. The first-order chi connectivity index (χ1) is 6.16. The van der Waals surface area contributed by atoms with Crippen LogP contribution in [0.4, 0.5) is 0 Å². The van der Waals surface area contributed by atoms with Gasteiger partial charge < -0.3 is 5.73 Å². The van der Waals surface area contributed by atoms with Crippen LogP contribution in [0, 0.1) is 0 Å². The normalized spacial score (nSPS) is 15.4. The van der Waals surface area contributed by atoms with Crippen LogP contribution in [0.3, 0.4) is 0 Å². The molecule has 0 spiro atoms. The lowest BCUT2D eigenvalue weighted by Crippen LogP contribution is -2.25. The third-order valence-electron chi connectivity index (χ3n) is 2.41. The highest BCUT2D eigenvalue weighted by Crippen LogP contribution is 2.25. The molecule has 2 nitrogen and oxygen atoms in total. The Hall–Kier alpha value is -0.600. The van der Waals surface area contributed by atoms with Gasteiger partial charge in [-0.3, -0.25) is 4.98 Å². The molecule has 2 N–H and O–H groups in total. The molecule has 0 aliphatic carbocycles. The van der Waals surface area contributed by atoms with Crippen LogP contribution < -0.4 is 5.73 Å². The van der Waals surface area contributed by atoms with E-state index >= 15 is 0 Å². The van der Waals surface area contributed by atoms with Crippen molar-refractivity contribution >= 4 is 11.6 Å². The molecule has 2 unspecified atom stereocenters. The van der Waals surface area contributed by atoms with Crippen molar-refractivity contribution in [3.05, 3.63) is 29.0 Å². The summed E-state index contributed by atoms with van der Waals surface area (Å²) in [5.74, 6) is 0.292. The molecule has 0 aliphatic heterocycles. The van der Waals surface area contributed by atoms with Gasteiger partial charge in [0.15, 0.2) is 0 Å². The predicted molar refractivity (Wildman–Crippen MR) is 55.9 cm³/mol. The van der Waals surface area contributed by atoms with Crippen molar-refractivity contribution < 1.29 is 0 Å². The zero-order valence-electron chi connectivity index (χ0n) is 8.00. The van der Waals surface area contributed by atoms with E-state index in [-0.39, 0.29) is 6.04 Å². The highest BCUT2D eigenvalue weighted by Gasteiger charge is 2.15. The summed E-state index contributed by atoms with van der Waals surface area (Å²) in [6, 6.07) is 2.10. The second kappa shape index (κ2) is 4.58. The van der Waals surface area contributed by atoms with Crippen LogP contribution in [0.25, 0.3) is 0 Å². The molecule has 0 amide bonds. The van der Waals surface area contributed by atoms with E-state index in [1.54, 1.807) is 12.4 Å². The van der Waals surface area contributed by atoms with Crippen LogP contribution in [-0.4, -0.2) is 11.0 Å². The Balaban J connectivity index is 2.88. The van der Waals surface area contributed by atoms with E-state index in [1.165, 1.54) is 0 Å². The molecule has 0 saturated heterocycles. The van der Waals surface area contributed by atoms with E-state index in [0.29, 0.717) is 10.9 Å². The largest absolute Gasteiger partial charge is 0.327 e. The van der Waals surface area contributed by atoms with Gasteiger partial charge in [0.25, 0.3) is 0 Å². The minimum atomic E-state index is 0.167. The number of aromatic nitrogens is 1. The van der Waals surface area contributed by atoms with Crippen LogP contribution in [0.1, 0.15) is 31.7 Å². The Kier molecular flexibility index (Phi) is 3.70. The minimum absolute atomic E-state index is 0.167. The predicted octanol–water partition coefficient (Wildman–Crippen LogP) is 2.58. The lowest BCUT2D eigenvalue weighted by atomic mass is 9.93. The first kappa shape index (κ1) is 10.5. The van der Waals surface area contributed by atoms with Crippen molar-refractivity contribution in [2.45, 2.75) is 32.2 Å². The summed E-state index contributed by atoms with van der Waals surface area (Å²) < 4.78 is 0. The fourth-order valence-corrected chi connectivity index (χ4v) is 1.63. The van der Waals surface area contributed by atoms with E-state index in [1.807, 2.05) is 6.07 Å². The van der Waals surface area contributed by atoms with Gasteiger partial charge in [-0.15, -0.1) is 0 Å². The molecule has 0 aromatic carbocycles. The molecule has 0 fully saturated rings. The molecular weight excluding hydrogens is 184 g/mol. The van der Waals surface area contributed by atoms with Gasteiger partial charge in [0.2, 0.25) is 0 Å². The number of rotatable bonds is 3. The third kappa shape index (κ3) is 2.42. The topological polar surface area (TPSA) is 38.9 Å². The standard InChI is InChI=1S/C10H15ClN2/c1-3-10(12)7(2)8-4-5-13-6-9(8)11/h4-7,10H,3,12H2,1-2H3. The van der Waals surface area contributed by atoms with Crippen LogP contribution in [0.15, 0.2) is 18.5 Å². The van der Waals surface area contributed by atoms with E-state index in [2.05, 4.69) is 18.8 Å². The molecular formula is C10H15ClN2. The average molecular weight is 199 g/mol. The van der Waals surface area contributed by atoms with Gasteiger partial charge in [-0.1, -0.05) is 25.4 Å². The number of hydrogen-bond acceptors (Lipinski definition) is 2. The van der Waals surface area contributed by atoms with Gasteiger partial charge in [0, 0.05) is 18.4 Å². The highest BCUT2D eigenvalue weighted by atomic mass is 35.5. The average Bonchev–Trinajstić information content (AvgIpc) is 2.16. The smallest absolute Gasteiger partial charge is 0.0624 e. The Morgan fingerprint density at radius 2 is 2.31 bits per heavy atom. The summed E-state index contributed by atoms with van der Waals surface area (Å²) in [7, 11) is 0. The maximum Gasteiger partial charge on any atom is 0.0624 e. The fourth-order valence-electron chi connectivity index (χ4n) is 1.34. The molecule has 2 atom stereocenters. The van der Waals surface area contributed by atoms with Gasteiger partial charge in [0.1, 0.15) is 0 Å². The van der Waals surface area contributed by atoms with Crippen molar-refractivity contribution in [2.75, 3.05) is 0 Å². The number of halogens is 1. The maximum absolute atomic E-state index is 6.00.